The van der Waals surface area contributed by atoms with Gasteiger partial charge in [-0.25, -0.2) is 4.79 Å². The summed E-state index contributed by atoms with van der Waals surface area (Å²) in [6, 6.07) is 17.0. The lowest BCUT2D eigenvalue weighted by Gasteiger charge is -2.28. The lowest BCUT2D eigenvalue weighted by atomic mass is 10.1. The Labute approximate surface area is 175 Å². The molecule has 6 nitrogen and oxygen atoms in total. The van der Waals surface area contributed by atoms with Crippen LogP contribution >= 0.6 is 11.6 Å². The standard InChI is InChI=1S/C22H23ClN4O2/c1-26-21-11-12-27(22(28)24-18-9-7-17(23)8-10-18)13-19(21)20(25-26)15-29-14-16-5-3-2-4-6-16/h2-10H,11-15H2,1H3,(H,24,28). The molecule has 1 aromatic heterocycles. The molecule has 0 spiro atoms. The second kappa shape index (κ2) is 8.68. The van der Waals surface area contributed by atoms with Gasteiger partial charge < -0.3 is 15.0 Å². The Hall–Kier alpha value is -2.83. The van der Waals surface area contributed by atoms with Gasteiger partial charge in [-0.15, -0.1) is 0 Å². The van der Waals surface area contributed by atoms with E-state index in [4.69, 9.17) is 16.3 Å². The molecule has 0 bridgehead atoms. The Morgan fingerprint density at radius 1 is 1.14 bits per heavy atom. The first-order valence-corrected chi connectivity index (χ1v) is 9.95. The molecule has 1 aliphatic rings. The van der Waals surface area contributed by atoms with Crippen molar-refractivity contribution in [2.24, 2.45) is 7.05 Å². The Balaban J connectivity index is 1.41. The monoisotopic (exact) mass is 410 g/mol. The molecule has 0 unspecified atom stereocenters. The number of carbonyl (C=O) groups excluding carboxylic acids is 1. The minimum Gasteiger partial charge on any atom is -0.370 e. The third kappa shape index (κ3) is 4.60. The summed E-state index contributed by atoms with van der Waals surface area (Å²) in [5.41, 5.74) is 4.99. The molecule has 3 aromatic rings. The topological polar surface area (TPSA) is 59.4 Å². The van der Waals surface area contributed by atoms with Gasteiger partial charge in [0.2, 0.25) is 0 Å². The Morgan fingerprint density at radius 3 is 2.66 bits per heavy atom. The van der Waals surface area contributed by atoms with Gasteiger partial charge in [0.25, 0.3) is 0 Å². The highest BCUT2D eigenvalue weighted by Gasteiger charge is 2.26. The molecular formula is C22H23ClN4O2. The highest BCUT2D eigenvalue weighted by Crippen LogP contribution is 2.24. The van der Waals surface area contributed by atoms with E-state index in [0.29, 0.717) is 31.3 Å². The molecule has 2 aromatic carbocycles. The van der Waals surface area contributed by atoms with Crippen molar-refractivity contribution < 1.29 is 9.53 Å². The van der Waals surface area contributed by atoms with Gasteiger partial charge in [0.15, 0.2) is 0 Å². The maximum Gasteiger partial charge on any atom is 0.322 e. The van der Waals surface area contributed by atoms with Crippen LogP contribution in [-0.2, 0) is 38.0 Å². The van der Waals surface area contributed by atoms with Crippen LogP contribution in [0.5, 0.6) is 0 Å². The number of halogens is 1. The van der Waals surface area contributed by atoms with Crippen molar-refractivity contribution in [1.29, 1.82) is 0 Å². The van der Waals surface area contributed by atoms with Crippen molar-refractivity contribution in [3.63, 3.8) is 0 Å². The van der Waals surface area contributed by atoms with Crippen molar-refractivity contribution >= 4 is 23.3 Å². The summed E-state index contributed by atoms with van der Waals surface area (Å²) in [5, 5.41) is 8.20. The van der Waals surface area contributed by atoms with E-state index in [1.807, 2.05) is 42.1 Å². The molecule has 2 amide bonds. The molecule has 0 radical (unpaired) electrons. The van der Waals surface area contributed by atoms with Gasteiger partial charge in [0, 0.05) is 42.0 Å². The molecule has 29 heavy (non-hydrogen) atoms. The number of aryl methyl sites for hydroxylation is 1. The van der Waals surface area contributed by atoms with E-state index in [1.165, 1.54) is 5.69 Å². The van der Waals surface area contributed by atoms with E-state index < -0.39 is 0 Å². The van der Waals surface area contributed by atoms with E-state index in [1.54, 1.807) is 29.2 Å². The van der Waals surface area contributed by atoms with Gasteiger partial charge in [-0.2, -0.15) is 5.10 Å². The fraction of sp³-hybridized carbons (Fsp3) is 0.273. The van der Waals surface area contributed by atoms with E-state index in [0.717, 1.165) is 28.9 Å². The average molecular weight is 411 g/mol. The van der Waals surface area contributed by atoms with Gasteiger partial charge in [-0.3, -0.25) is 4.68 Å². The summed E-state index contributed by atoms with van der Waals surface area (Å²) in [6.07, 6.45) is 0.769. The summed E-state index contributed by atoms with van der Waals surface area (Å²) in [4.78, 5) is 14.5. The summed E-state index contributed by atoms with van der Waals surface area (Å²) < 4.78 is 7.79. The number of nitrogens with one attached hydrogen (secondary N) is 1. The average Bonchev–Trinajstić information content (AvgIpc) is 3.05. The van der Waals surface area contributed by atoms with Crippen molar-refractivity contribution in [3.8, 4) is 0 Å². The fourth-order valence-corrected chi connectivity index (χ4v) is 3.66. The number of carbonyl (C=O) groups is 1. The van der Waals surface area contributed by atoms with Crippen LogP contribution in [0.1, 0.15) is 22.5 Å². The summed E-state index contributed by atoms with van der Waals surface area (Å²) >= 11 is 5.91. The van der Waals surface area contributed by atoms with Gasteiger partial charge in [-0.05, 0) is 29.8 Å². The molecule has 7 heteroatoms. The van der Waals surface area contributed by atoms with E-state index >= 15 is 0 Å². The number of urea groups is 1. The molecular weight excluding hydrogens is 388 g/mol. The van der Waals surface area contributed by atoms with Gasteiger partial charge in [0.05, 0.1) is 25.5 Å². The number of hydrogen-bond acceptors (Lipinski definition) is 3. The third-order valence-corrected chi connectivity index (χ3v) is 5.31. The quantitative estimate of drug-likeness (QED) is 0.679. The van der Waals surface area contributed by atoms with E-state index in [9.17, 15) is 4.79 Å². The Bertz CT molecular complexity index is 986. The molecule has 0 fully saturated rings. The summed E-state index contributed by atoms with van der Waals surface area (Å²) in [7, 11) is 1.95. The maximum atomic E-state index is 12.7. The smallest absolute Gasteiger partial charge is 0.322 e. The summed E-state index contributed by atoms with van der Waals surface area (Å²) in [5.74, 6) is 0. The van der Waals surface area contributed by atoms with Crippen LogP contribution in [0.15, 0.2) is 54.6 Å². The Kier molecular flexibility index (Phi) is 5.83. The lowest BCUT2D eigenvalue weighted by molar-refractivity contribution is 0.103. The zero-order valence-corrected chi connectivity index (χ0v) is 17.0. The molecule has 150 valence electrons. The number of rotatable bonds is 5. The van der Waals surface area contributed by atoms with Crippen molar-refractivity contribution in [2.45, 2.75) is 26.2 Å². The van der Waals surface area contributed by atoms with Gasteiger partial charge in [-0.1, -0.05) is 41.9 Å². The second-order valence-electron chi connectivity index (χ2n) is 7.08. The first-order chi connectivity index (χ1) is 14.1. The number of nitrogens with zero attached hydrogens (tertiary/aromatic N) is 3. The van der Waals surface area contributed by atoms with Crippen LogP contribution in [0.4, 0.5) is 10.5 Å². The SMILES string of the molecule is Cn1nc(COCc2ccccc2)c2c1CCN(C(=O)Nc1ccc(Cl)cc1)C2. The fourth-order valence-electron chi connectivity index (χ4n) is 3.53. The number of fused-ring (bicyclic) bond motifs is 1. The first kappa shape index (κ1) is 19.5. The van der Waals surface area contributed by atoms with Crippen LogP contribution in [0.3, 0.4) is 0 Å². The number of ether oxygens (including phenoxy) is 1. The zero-order chi connectivity index (χ0) is 20.2. The predicted octanol–water partition coefficient (Wildman–Crippen LogP) is 4.38. The number of hydrogen-bond donors (Lipinski definition) is 1. The first-order valence-electron chi connectivity index (χ1n) is 9.57. The number of amides is 2. The molecule has 0 aliphatic carbocycles. The van der Waals surface area contributed by atoms with Gasteiger partial charge >= 0.3 is 6.03 Å². The molecule has 0 saturated heterocycles. The van der Waals surface area contributed by atoms with Crippen LogP contribution in [0.25, 0.3) is 0 Å². The zero-order valence-electron chi connectivity index (χ0n) is 16.3. The number of anilines is 1. The molecule has 1 N–H and O–H groups in total. The molecule has 2 heterocycles. The minimum atomic E-state index is -0.127. The number of benzene rings is 2. The van der Waals surface area contributed by atoms with Crippen LogP contribution in [-0.4, -0.2) is 27.3 Å². The van der Waals surface area contributed by atoms with E-state index in [-0.39, 0.29) is 6.03 Å². The van der Waals surface area contributed by atoms with Crippen molar-refractivity contribution in [2.75, 3.05) is 11.9 Å². The molecule has 4 rings (SSSR count). The highest BCUT2D eigenvalue weighted by atomic mass is 35.5. The lowest BCUT2D eigenvalue weighted by Crippen LogP contribution is -2.39. The van der Waals surface area contributed by atoms with Crippen LogP contribution in [0, 0.1) is 0 Å². The summed E-state index contributed by atoms with van der Waals surface area (Å²) in [6.45, 7) is 2.13. The predicted molar refractivity (Wildman–Crippen MR) is 113 cm³/mol. The van der Waals surface area contributed by atoms with Crippen LogP contribution < -0.4 is 5.32 Å². The Morgan fingerprint density at radius 2 is 1.90 bits per heavy atom. The van der Waals surface area contributed by atoms with Gasteiger partial charge in [0.1, 0.15) is 0 Å². The van der Waals surface area contributed by atoms with Crippen LogP contribution in [0.2, 0.25) is 5.02 Å². The number of aromatic nitrogens is 2. The molecule has 0 atom stereocenters. The molecule has 0 saturated carbocycles. The highest BCUT2D eigenvalue weighted by molar-refractivity contribution is 6.30. The molecule has 1 aliphatic heterocycles. The van der Waals surface area contributed by atoms with E-state index in [2.05, 4.69) is 10.4 Å². The normalized spacial score (nSPS) is 13.2. The van der Waals surface area contributed by atoms with Crippen molar-refractivity contribution in [3.05, 3.63) is 82.1 Å². The maximum absolute atomic E-state index is 12.7. The largest absolute Gasteiger partial charge is 0.370 e. The van der Waals surface area contributed by atoms with Crippen molar-refractivity contribution in [1.82, 2.24) is 14.7 Å². The minimum absolute atomic E-state index is 0.127. The third-order valence-electron chi connectivity index (χ3n) is 5.06. The second-order valence-corrected chi connectivity index (χ2v) is 7.52.